The number of rotatable bonds is 6. The lowest BCUT2D eigenvalue weighted by Crippen LogP contribution is -2.05. The molecule has 0 spiro atoms. The van der Waals surface area contributed by atoms with Crippen molar-refractivity contribution < 1.29 is 17.9 Å². The minimum absolute atomic E-state index is 0.0792. The van der Waals surface area contributed by atoms with Gasteiger partial charge in [0.25, 0.3) is 0 Å². The summed E-state index contributed by atoms with van der Waals surface area (Å²) in [5, 5.41) is 4.10. The Kier molecular flexibility index (Phi) is 6.21. The van der Waals surface area contributed by atoms with Crippen molar-refractivity contribution in [2.45, 2.75) is 12.8 Å². The standard InChI is InChI=1S/C21H16ClF3N2O/c22-19-11-8-17(21(23,24)25)12-20(19)27-26-13-15-6-9-18(10-7-15)28-14-16-4-2-1-3-5-16/h1-13,27H,14H2/b26-13-. The highest BCUT2D eigenvalue weighted by atomic mass is 35.5. The summed E-state index contributed by atoms with van der Waals surface area (Å²) < 4.78 is 44.0. The van der Waals surface area contributed by atoms with Crippen LogP contribution in [0.2, 0.25) is 5.02 Å². The Morgan fingerprint density at radius 3 is 2.36 bits per heavy atom. The van der Waals surface area contributed by atoms with Gasteiger partial charge >= 0.3 is 6.18 Å². The van der Waals surface area contributed by atoms with Gasteiger partial charge in [0.05, 0.1) is 22.5 Å². The summed E-state index contributed by atoms with van der Waals surface area (Å²) in [6.45, 7) is 0.462. The van der Waals surface area contributed by atoms with Gasteiger partial charge in [0, 0.05) is 0 Å². The SMILES string of the molecule is FC(F)(F)c1ccc(Cl)c(N/N=C\c2ccc(OCc3ccccc3)cc2)c1. The van der Waals surface area contributed by atoms with E-state index >= 15 is 0 Å². The molecule has 3 nitrogen and oxygen atoms in total. The van der Waals surface area contributed by atoms with Crippen molar-refractivity contribution in [2.24, 2.45) is 5.10 Å². The number of hydrazone groups is 1. The summed E-state index contributed by atoms with van der Waals surface area (Å²) in [4.78, 5) is 0. The molecule has 7 heteroatoms. The molecule has 0 radical (unpaired) electrons. The first-order valence-electron chi connectivity index (χ1n) is 8.34. The Morgan fingerprint density at radius 1 is 0.964 bits per heavy atom. The summed E-state index contributed by atoms with van der Waals surface area (Å²) >= 11 is 5.91. The van der Waals surface area contributed by atoms with Crippen LogP contribution < -0.4 is 10.2 Å². The molecular formula is C21H16ClF3N2O. The van der Waals surface area contributed by atoms with Gasteiger partial charge in [-0.15, -0.1) is 0 Å². The average Bonchev–Trinajstić information content (AvgIpc) is 2.69. The Morgan fingerprint density at radius 2 is 1.68 bits per heavy atom. The van der Waals surface area contributed by atoms with E-state index < -0.39 is 11.7 Å². The fourth-order valence-electron chi connectivity index (χ4n) is 2.35. The monoisotopic (exact) mass is 404 g/mol. The Balaban J connectivity index is 1.59. The highest BCUT2D eigenvalue weighted by Gasteiger charge is 2.30. The van der Waals surface area contributed by atoms with E-state index in [4.69, 9.17) is 16.3 Å². The normalized spacial score (nSPS) is 11.6. The van der Waals surface area contributed by atoms with E-state index in [2.05, 4.69) is 10.5 Å². The van der Waals surface area contributed by atoms with Crippen molar-refractivity contribution in [2.75, 3.05) is 5.43 Å². The number of anilines is 1. The van der Waals surface area contributed by atoms with Gasteiger partial charge in [0.15, 0.2) is 0 Å². The summed E-state index contributed by atoms with van der Waals surface area (Å²) in [6, 6.07) is 20.0. The van der Waals surface area contributed by atoms with Crippen molar-refractivity contribution in [1.82, 2.24) is 0 Å². The van der Waals surface area contributed by atoms with E-state index in [9.17, 15) is 13.2 Å². The predicted molar refractivity (Wildman–Crippen MR) is 105 cm³/mol. The van der Waals surface area contributed by atoms with Crippen molar-refractivity contribution in [1.29, 1.82) is 0 Å². The fraction of sp³-hybridized carbons (Fsp3) is 0.0952. The molecular weight excluding hydrogens is 389 g/mol. The van der Waals surface area contributed by atoms with Crippen molar-refractivity contribution in [3.8, 4) is 5.75 Å². The molecule has 144 valence electrons. The summed E-state index contributed by atoms with van der Waals surface area (Å²) in [5.74, 6) is 0.704. The maximum absolute atomic E-state index is 12.8. The maximum Gasteiger partial charge on any atom is 0.416 e. The lowest BCUT2D eigenvalue weighted by molar-refractivity contribution is -0.137. The molecule has 0 atom stereocenters. The number of nitrogens with one attached hydrogen (secondary N) is 1. The molecule has 0 unspecified atom stereocenters. The van der Waals surface area contributed by atoms with Crippen LogP contribution in [-0.2, 0) is 12.8 Å². The van der Waals surface area contributed by atoms with Crippen LogP contribution in [0.3, 0.4) is 0 Å². The largest absolute Gasteiger partial charge is 0.489 e. The average molecular weight is 405 g/mol. The lowest BCUT2D eigenvalue weighted by Gasteiger charge is -2.09. The molecule has 0 heterocycles. The second-order valence-electron chi connectivity index (χ2n) is 5.91. The highest BCUT2D eigenvalue weighted by molar-refractivity contribution is 6.33. The molecule has 3 aromatic rings. The van der Waals surface area contributed by atoms with Crippen LogP contribution in [0.5, 0.6) is 5.75 Å². The number of ether oxygens (including phenoxy) is 1. The highest BCUT2D eigenvalue weighted by Crippen LogP contribution is 2.33. The second kappa shape index (κ2) is 8.80. The van der Waals surface area contributed by atoms with E-state index in [1.165, 1.54) is 12.3 Å². The van der Waals surface area contributed by atoms with Gasteiger partial charge in [-0.3, -0.25) is 5.43 Å². The van der Waals surface area contributed by atoms with Crippen LogP contribution in [0.25, 0.3) is 0 Å². The molecule has 0 aliphatic carbocycles. The number of hydrogen-bond donors (Lipinski definition) is 1. The fourth-order valence-corrected chi connectivity index (χ4v) is 2.51. The van der Waals surface area contributed by atoms with Crippen molar-refractivity contribution >= 4 is 23.5 Å². The molecule has 3 aromatic carbocycles. The maximum atomic E-state index is 12.8. The minimum atomic E-state index is -4.44. The van der Waals surface area contributed by atoms with Gasteiger partial charge in [0.2, 0.25) is 0 Å². The zero-order valence-electron chi connectivity index (χ0n) is 14.6. The molecule has 0 saturated heterocycles. The number of halogens is 4. The van der Waals surface area contributed by atoms with E-state index in [0.717, 1.165) is 23.3 Å². The third-order valence-corrected chi connectivity index (χ3v) is 4.15. The number of benzene rings is 3. The molecule has 0 fully saturated rings. The smallest absolute Gasteiger partial charge is 0.416 e. The third kappa shape index (κ3) is 5.50. The molecule has 0 saturated carbocycles. The Hall–Kier alpha value is -2.99. The summed E-state index contributed by atoms with van der Waals surface area (Å²) in [5.41, 5.74) is 3.64. The van der Waals surface area contributed by atoms with Gasteiger partial charge in [-0.2, -0.15) is 18.3 Å². The second-order valence-corrected chi connectivity index (χ2v) is 6.31. The van der Waals surface area contributed by atoms with Crippen LogP contribution in [0.15, 0.2) is 77.9 Å². The first kappa shape index (κ1) is 19.8. The third-order valence-electron chi connectivity index (χ3n) is 3.82. The van der Waals surface area contributed by atoms with E-state index in [1.54, 1.807) is 24.3 Å². The topological polar surface area (TPSA) is 33.6 Å². The zero-order chi connectivity index (χ0) is 20.0. The van der Waals surface area contributed by atoms with Gasteiger partial charge in [0.1, 0.15) is 12.4 Å². The van der Waals surface area contributed by atoms with Crippen LogP contribution in [0.1, 0.15) is 16.7 Å². The summed E-state index contributed by atoms with van der Waals surface area (Å²) in [7, 11) is 0. The van der Waals surface area contributed by atoms with Crippen molar-refractivity contribution in [3.63, 3.8) is 0 Å². The van der Waals surface area contributed by atoms with E-state index in [1.807, 2.05) is 30.3 Å². The molecule has 0 aliphatic rings. The Bertz CT molecular complexity index is 942. The first-order valence-corrected chi connectivity index (χ1v) is 8.72. The molecule has 3 rings (SSSR count). The molecule has 0 bridgehead atoms. The van der Waals surface area contributed by atoms with Crippen LogP contribution in [-0.4, -0.2) is 6.21 Å². The Labute approximate surface area is 165 Å². The number of nitrogens with zero attached hydrogens (tertiary/aromatic N) is 1. The molecule has 0 aliphatic heterocycles. The van der Waals surface area contributed by atoms with Gasteiger partial charge in [-0.1, -0.05) is 41.9 Å². The van der Waals surface area contributed by atoms with Gasteiger partial charge < -0.3 is 4.74 Å². The van der Waals surface area contributed by atoms with Crippen LogP contribution in [0, 0.1) is 0 Å². The molecule has 28 heavy (non-hydrogen) atoms. The molecule has 1 N–H and O–H groups in total. The predicted octanol–water partition coefficient (Wildman–Crippen LogP) is 6.38. The molecule has 0 aromatic heterocycles. The zero-order valence-corrected chi connectivity index (χ0v) is 15.3. The van der Waals surface area contributed by atoms with Crippen LogP contribution >= 0.6 is 11.6 Å². The summed E-state index contributed by atoms with van der Waals surface area (Å²) in [6.07, 6.45) is -2.96. The number of alkyl halides is 3. The first-order chi connectivity index (χ1) is 13.4. The lowest BCUT2D eigenvalue weighted by atomic mass is 10.2. The van der Waals surface area contributed by atoms with E-state index in [0.29, 0.717) is 12.4 Å². The molecule has 0 amide bonds. The number of hydrogen-bond acceptors (Lipinski definition) is 3. The minimum Gasteiger partial charge on any atom is -0.489 e. The quantitative estimate of drug-likeness (QED) is 0.382. The van der Waals surface area contributed by atoms with Crippen LogP contribution in [0.4, 0.5) is 18.9 Å². The van der Waals surface area contributed by atoms with E-state index in [-0.39, 0.29) is 10.7 Å². The van der Waals surface area contributed by atoms with Gasteiger partial charge in [-0.25, -0.2) is 0 Å². The van der Waals surface area contributed by atoms with Crippen molar-refractivity contribution in [3.05, 3.63) is 94.5 Å². The van der Waals surface area contributed by atoms with Gasteiger partial charge in [-0.05, 0) is 53.6 Å².